The van der Waals surface area contributed by atoms with Crippen molar-refractivity contribution in [3.8, 4) is 11.8 Å². The van der Waals surface area contributed by atoms with E-state index in [1.54, 1.807) is 18.5 Å². The summed E-state index contributed by atoms with van der Waals surface area (Å²) in [6, 6.07) is 1.71. The molecule has 0 unspecified atom stereocenters. The fraction of sp³-hybridized carbons (Fsp3) is 0.348. The summed E-state index contributed by atoms with van der Waals surface area (Å²) >= 11 is 0. The standard InChI is InChI=1S/C23H27N7O/c1-5-30(6-2)10-9-26-23(31)18-11-17(12-25-13-18)7-8-19-21-20(14-27-22(19)24)28-15(3)16(4)29-21/h11-14H,5-6,9-10H2,1-4H3,(H2,24,27)(H,26,31). The number of anilines is 1. The molecule has 0 radical (unpaired) electrons. The maximum atomic E-state index is 12.5. The molecule has 3 rings (SSSR count). The quantitative estimate of drug-likeness (QED) is 0.591. The molecule has 3 aromatic heterocycles. The number of nitrogens with two attached hydrogens (primary N) is 1. The molecule has 160 valence electrons. The van der Waals surface area contributed by atoms with Gasteiger partial charge in [0, 0.05) is 31.0 Å². The number of nitrogens with zero attached hydrogens (tertiary/aromatic N) is 5. The first-order valence-corrected chi connectivity index (χ1v) is 10.3. The number of carbonyl (C=O) groups excluding carboxylic acids is 1. The van der Waals surface area contributed by atoms with Crippen LogP contribution in [-0.2, 0) is 0 Å². The summed E-state index contributed by atoms with van der Waals surface area (Å²) in [6.07, 6.45) is 4.74. The number of pyridine rings is 2. The van der Waals surface area contributed by atoms with Gasteiger partial charge in [-0.25, -0.2) is 15.0 Å². The molecule has 31 heavy (non-hydrogen) atoms. The van der Waals surface area contributed by atoms with Gasteiger partial charge in [-0.1, -0.05) is 25.7 Å². The monoisotopic (exact) mass is 417 g/mol. The van der Waals surface area contributed by atoms with E-state index in [0.29, 0.717) is 34.3 Å². The van der Waals surface area contributed by atoms with Gasteiger partial charge in [-0.05, 0) is 33.0 Å². The van der Waals surface area contributed by atoms with Crippen molar-refractivity contribution in [1.29, 1.82) is 0 Å². The van der Waals surface area contributed by atoms with Crippen LogP contribution in [0.15, 0.2) is 24.7 Å². The summed E-state index contributed by atoms with van der Waals surface area (Å²) in [6.45, 7) is 11.3. The predicted molar refractivity (Wildman–Crippen MR) is 122 cm³/mol. The van der Waals surface area contributed by atoms with E-state index in [1.165, 1.54) is 6.20 Å². The van der Waals surface area contributed by atoms with E-state index in [2.05, 4.69) is 55.8 Å². The predicted octanol–water partition coefficient (Wildman–Crippen LogP) is 2.09. The number of amides is 1. The van der Waals surface area contributed by atoms with Crippen molar-refractivity contribution < 1.29 is 4.79 Å². The van der Waals surface area contributed by atoms with Crippen molar-refractivity contribution in [2.75, 3.05) is 31.9 Å². The zero-order chi connectivity index (χ0) is 22.4. The van der Waals surface area contributed by atoms with Crippen molar-refractivity contribution in [3.05, 3.63) is 52.7 Å². The largest absolute Gasteiger partial charge is 0.383 e. The first kappa shape index (κ1) is 22.1. The maximum Gasteiger partial charge on any atom is 0.252 e. The lowest BCUT2D eigenvalue weighted by Gasteiger charge is -2.17. The number of carbonyl (C=O) groups is 1. The molecule has 0 fully saturated rings. The molecule has 0 aliphatic heterocycles. The Hall–Kier alpha value is -3.57. The lowest BCUT2D eigenvalue weighted by molar-refractivity contribution is 0.0948. The molecule has 0 aliphatic rings. The van der Waals surface area contributed by atoms with Crippen molar-refractivity contribution in [1.82, 2.24) is 30.2 Å². The topological polar surface area (TPSA) is 110 Å². The minimum atomic E-state index is -0.174. The molecule has 0 bridgehead atoms. The van der Waals surface area contributed by atoms with Crippen molar-refractivity contribution in [2.24, 2.45) is 0 Å². The Kier molecular flexibility index (Phi) is 7.11. The van der Waals surface area contributed by atoms with Crippen LogP contribution in [0.3, 0.4) is 0 Å². The normalized spacial score (nSPS) is 10.7. The highest BCUT2D eigenvalue weighted by molar-refractivity contribution is 5.94. The van der Waals surface area contributed by atoms with Crippen LogP contribution < -0.4 is 11.1 Å². The molecule has 0 aromatic carbocycles. The molecule has 0 spiro atoms. The van der Waals surface area contributed by atoms with Gasteiger partial charge >= 0.3 is 0 Å². The Morgan fingerprint density at radius 1 is 1.10 bits per heavy atom. The van der Waals surface area contributed by atoms with Gasteiger partial charge in [0.25, 0.3) is 5.91 Å². The number of fused-ring (bicyclic) bond motifs is 1. The molecule has 3 aromatic rings. The fourth-order valence-electron chi connectivity index (χ4n) is 3.07. The van der Waals surface area contributed by atoms with Crippen molar-refractivity contribution in [2.45, 2.75) is 27.7 Å². The summed E-state index contributed by atoms with van der Waals surface area (Å²) in [7, 11) is 0. The van der Waals surface area contributed by atoms with Crippen molar-refractivity contribution >= 4 is 22.8 Å². The number of nitrogen functional groups attached to an aromatic ring is 1. The zero-order valence-corrected chi connectivity index (χ0v) is 18.4. The average Bonchev–Trinajstić information content (AvgIpc) is 2.77. The number of likely N-dealkylation sites (N-methyl/N-ethyl adjacent to an activating group) is 1. The Labute approximate surface area is 182 Å². The van der Waals surface area contributed by atoms with Crippen LogP contribution in [0.4, 0.5) is 5.82 Å². The van der Waals surface area contributed by atoms with Crippen molar-refractivity contribution in [3.63, 3.8) is 0 Å². The first-order chi connectivity index (χ1) is 14.9. The van der Waals surface area contributed by atoms with Crippen LogP contribution >= 0.6 is 0 Å². The Balaban J connectivity index is 1.82. The number of aromatic nitrogens is 4. The van der Waals surface area contributed by atoms with Crippen LogP contribution in [0.1, 0.15) is 46.7 Å². The highest BCUT2D eigenvalue weighted by Crippen LogP contribution is 2.19. The van der Waals surface area contributed by atoms with Gasteiger partial charge in [-0.15, -0.1) is 0 Å². The van der Waals surface area contributed by atoms with Crippen LogP contribution in [0, 0.1) is 25.7 Å². The molecule has 0 atom stereocenters. The molecule has 1 amide bonds. The van der Waals surface area contributed by atoms with E-state index in [1.807, 2.05) is 13.8 Å². The van der Waals surface area contributed by atoms with Gasteiger partial charge in [0.15, 0.2) is 0 Å². The van der Waals surface area contributed by atoms with Gasteiger partial charge in [0.1, 0.15) is 16.9 Å². The number of hydrogen-bond donors (Lipinski definition) is 2. The lowest BCUT2D eigenvalue weighted by Crippen LogP contribution is -2.34. The molecule has 3 N–H and O–H groups in total. The van der Waals surface area contributed by atoms with Crippen LogP contribution in [-0.4, -0.2) is 56.9 Å². The molecule has 0 aliphatic carbocycles. The first-order valence-electron chi connectivity index (χ1n) is 10.3. The highest BCUT2D eigenvalue weighted by atomic mass is 16.1. The molecular formula is C23H27N7O. The lowest BCUT2D eigenvalue weighted by atomic mass is 10.1. The van der Waals surface area contributed by atoms with Crippen LogP contribution in [0.2, 0.25) is 0 Å². The highest BCUT2D eigenvalue weighted by Gasteiger charge is 2.10. The minimum absolute atomic E-state index is 0.174. The number of nitrogens with one attached hydrogen (secondary N) is 1. The molecule has 0 saturated heterocycles. The second-order valence-corrected chi connectivity index (χ2v) is 7.14. The van der Waals surface area contributed by atoms with E-state index in [-0.39, 0.29) is 11.7 Å². The Bertz CT molecular complexity index is 1160. The molecule has 3 heterocycles. The van der Waals surface area contributed by atoms with Gasteiger partial charge in [0.2, 0.25) is 0 Å². The van der Waals surface area contributed by atoms with Gasteiger partial charge < -0.3 is 16.0 Å². The summed E-state index contributed by atoms with van der Waals surface area (Å²) in [5.41, 5.74) is 10.5. The maximum absolute atomic E-state index is 12.5. The van der Waals surface area contributed by atoms with E-state index in [9.17, 15) is 4.79 Å². The zero-order valence-electron chi connectivity index (χ0n) is 18.4. The molecule has 8 nitrogen and oxygen atoms in total. The third-order valence-corrected chi connectivity index (χ3v) is 5.09. The van der Waals surface area contributed by atoms with E-state index < -0.39 is 0 Å². The Morgan fingerprint density at radius 3 is 2.58 bits per heavy atom. The van der Waals surface area contributed by atoms with Crippen LogP contribution in [0.25, 0.3) is 11.0 Å². The molecule has 8 heteroatoms. The third kappa shape index (κ3) is 5.32. The number of hydrogen-bond acceptors (Lipinski definition) is 7. The number of rotatable bonds is 6. The minimum Gasteiger partial charge on any atom is -0.383 e. The molecular weight excluding hydrogens is 390 g/mol. The third-order valence-electron chi connectivity index (χ3n) is 5.09. The van der Waals surface area contributed by atoms with Gasteiger partial charge in [0.05, 0.1) is 28.7 Å². The smallest absolute Gasteiger partial charge is 0.252 e. The number of aryl methyl sites for hydroxylation is 2. The molecule has 0 saturated carbocycles. The van der Waals surface area contributed by atoms with Gasteiger partial charge in [-0.2, -0.15) is 0 Å². The fourth-order valence-corrected chi connectivity index (χ4v) is 3.07. The average molecular weight is 418 g/mol. The summed E-state index contributed by atoms with van der Waals surface area (Å²) in [4.78, 5) is 32.1. The van der Waals surface area contributed by atoms with E-state index in [4.69, 9.17) is 5.73 Å². The Morgan fingerprint density at radius 2 is 1.84 bits per heavy atom. The van der Waals surface area contributed by atoms with Gasteiger partial charge in [-0.3, -0.25) is 9.78 Å². The van der Waals surface area contributed by atoms with E-state index in [0.717, 1.165) is 31.0 Å². The summed E-state index contributed by atoms with van der Waals surface area (Å²) in [5, 5.41) is 2.93. The summed E-state index contributed by atoms with van der Waals surface area (Å²) < 4.78 is 0. The second kappa shape index (κ2) is 9.96. The van der Waals surface area contributed by atoms with E-state index >= 15 is 0 Å². The summed E-state index contributed by atoms with van der Waals surface area (Å²) in [5.74, 6) is 6.18. The van der Waals surface area contributed by atoms with Crippen LogP contribution in [0.5, 0.6) is 0 Å². The SMILES string of the molecule is CCN(CC)CCNC(=O)c1cncc(C#Cc2c(N)ncc3nc(C)c(C)nc23)c1. The second-order valence-electron chi connectivity index (χ2n) is 7.14.